The summed E-state index contributed by atoms with van der Waals surface area (Å²) in [5.74, 6) is 3.95. The van der Waals surface area contributed by atoms with E-state index in [1.807, 2.05) is 48.8 Å². The highest BCUT2D eigenvalue weighted by molar-refractivity contribution is 6.00. The fourth-order valence-electron chi connectivity index (χ4n) is 9.17. The van der Waals surface area contributed by atoms with Gasteiger partial charge in [0.15, 0.2) is 0 Å². The van der Waals surface area contributed by atoms with Gasteiger partial charge in [0.1, 0.15) is 17.2 Å². The lowest BCUT2D eigenvalue weighted by molar-refractivity contribution is 0.352. The minimum atomic E-state index is 0.634. The second-order valence-corrected chi connectivity index (χ2v) is 17.2. The van der Waals surface area contributed by atoms with Crippen molar-refractivity contribution in [2.45, 2.75) is 19.3 Å². The van der Waals surface area contributed by atoms with Gasteiger partial charge < -0.3 is 50.2 Å². The van der Waals surface area contributed by atoms with E-state index in [9.17, 15) is 0 Å². The number of ether oxygens (including phenoxy) is 3. The van der Waals surface area contributed by atoms with Crippen LogP contribution in [0.5, 0.6) is 17.2 Å². The molecule has 0 unspecified atom stereocenters. The fourth-order valence-corrected chi connectivity index (χ4v) is 9.17. The van der Waals surface area contributed by atoms with E-state index in [0.717, 1.165) is 118 Å². The van der Waals surface area contributed by atoms with Gasteiger partial charge in [-0.3, -0.25) is 0 Å². The fraction of sp³-hybridized carbons (Fsp3) is 0.358. The van der Waals surface area contributed by atoms with Crippen molar-refractivity contribution < 1.29 is 14.2 Å². The number of piperazine rings is 2. The van der Waals surface area contributed by atoms with E-state index in [1.165, 1.54) is 64.4 Å². The molecule has 0 radical (unpaired) electrons. The average molecular weight is 902 g/mol. The van der Waals surface area contributed by atoms with Crippen LogP contribution in [0.3, 0.4) is 0 Å². The van der Waals surface area contributed by atoms with Crippen molar-refractivity contribution in [2.24, 2.45) is 0 Å². The van der Waals surface area contributed by atoms with Gasteiger partial charge in [0.05, 0.1) is 32.7 Å². The molecule has 67 heavy (non-hydrogen) atoms. The Morgan fingerprint density at radius 1 is 0.522 bits per heavy atom. The zero-order chi connectivity index (χ0) is 45.8. The van der Waals surface area contributed by atoms with Crippen LogP contribution in [-0.2, 0) is 6.42 Å². The van der Waals surface area contributed by atoms with Crippen LogP contribution in [0.2, 0.25) is 0 Å². The summed E-state index contributed by atoms with van der Waals surface area (Å²) in [7, 11) is 5.11. The summed E-state index contributed by atoms with van der Waals surface area (Å²) in [6.45, 7) is 12.9. The summed E-state index contributed by atoms with van der Waals surface area (Å²) in [6, 6.07) is 33.6. The van der Waals surface area contributed by atoms with E-state index < -0.39 is 0 Å². The van der Waals surface area contributed by atoms with Gasteiger partial charge in [-0.2, -0.15) is 0 Å². The number of benzene rings is 5. The lowest BCUT2D eigenvalue weighted by Crippen LogP contribution is -2.43. The lowest BCUT2D eigenvalue weighted by atomic mass is 10.0. The van der Waals surface area contributed by atoms with Crippen molar-refractivity contribution >= 4 is 44.8 Å². The van der Waals surface area contributed by atoms with Crippen LogP contribution >= 0.6 is 0 Å². The summed E-state index contributed by atoms with van der Waals surface area (Å²) in [4.78, 5) is 26.0. The molecule has 3 aliphatic rings. The number of methoxy groups -OCH3 is 3. The highest BCUT2D eigenvalue weighted by atomic mass is 16.5. The molecule has 14 nitrogen and oxygen atoms in total. The molecule has 3 aliphatic heterocycles. The van der Waals surface area contributed by atoms with E-state index in [1.54, 1.807) is 21.3 Å². The van der Waals surface area contributed by atoms with Crippen molar-refractivity contribution in [2.75, 3.05) is 127 Å². The number of aromatic nitrogens is 4. The van der Waals surface area contributed by atoms with Gasteiger partial charge in [0.2, 0.25) is 11.9 Å². The van der Waals surface area contributed by atoms with Crippen LogP contribution in [0.1, 0.15) is 18.4 Å². The minimum Gasteiger partial charge on any atom is -0.497 e. The topological polar surface area (TPSA) is 137 Å². The quantitative estimate of drug-likeness (QED) is 0.0804. The molecule has 3 saturated heterocycles. The molecule has 0 bridgehead atoms. The normalized spacial score (nSPS) is 15.3. The SMILES string of the molecule is COc1ccc(CCNc2nccc(-c3cc(N4CCNCC4)c4cc(OC)ccc4c3)n2)cc1.COc1ccc2cc(-c3ccnc(NCCN4CCCC4)n3)cc(N3CCNCC3)c2c1. The molecule has 5 heterocycles. The Morgan fingerprint density at radius 3 is 1.49 bits per heavy atom. The van der Waals surface area contributed by atoms with Crippen molar-refractivity contribution in [3.8, 4) is 39.8 Å². The molecule has 5 aromatic carbocycles. The standard InChI is InChI=1S/C28H31N5O2.C25H32N6O/c1-34-23-6-3-20(4-7-23)9-11-30-28-31-12-10-26(32-28)22-17-21-5-8-24(35-2)19-25(21)27(18-22)33-15-13-29-14-16-33;1-32-21-5-4-19-16-20(17-24(22(19)18-21)31-14-8-26-9-15-31)23-6-7-27-25(29-23)28-10-13-30-11-2-3-12-30/h3-8,10,12,17-19,29H,9,11,13-16H2,1-2H3,(H,30,31,32);4-7,16-18,26H,2-3,8-15H2,1H3,(H,27,28,29). The number of nitrogens with zero attached hydrogens (tertiary/aromatic N) is 7. The molecule has 0 saturated carbocycles. The van der Waals surface area contributed by atoms with E-state index in [0.29, 0.717) is 11.9 Å². The van der Waals surface area contributed by atoms with Gasteiger partial charge in [-0.25, -0.2) is 19.9 Å². The molecular weight excluding hydrogens is 839 g/mol. The Balaban J connectivity index is 0.000000169. The zero-order valence-corrected chi connectivity index (χ0v) is 39.1. The first kappa shape index (κ1) is 45.4. The van der Waals surface area contributed by atoms with Gasteiger partial charge >= 0.3 is 0 Å². The smallest absolute Gasteiger partial charge is 0.223 e. The Labute approximate surface area is 394 Å². The molecule has 4 N–H and O–H groups in total. The van der Waals surface area contributed by atoms with Crippen LogP contribution in [-0.4, -0.2) is 131 Å². The number of hydrogen-bond donors (Lipinski definition) is 4. The number of nitrogens with one attached hydrogen (secondary N) is 4. The molecule has 7 aromatic rings. The molecule has 348 valence electrons. The number of anilines is 4. The third-order valence-electron chi connectivity index (χ3n) is 12.9. The molecular formula is C53H63N11O3. The third-order valence-corrected chi connectivity index (χ3v) is 12.9. The summed E-state index contributed by atoms with van der Waals surface area (Å²) < 4.78 is 16.3. The molecule has 0 atom stereocenters. The van der Waals surface area contributed by atoms with Crippen LogP contribution in [0, 0.1) is 0 Å². The van der Waals surface area contributed by atoms with Gasteiger partial charge in [0.25, 0.3) is 0 Å². The maximum absolute atomic E-state index is 5.51. The average Bonchev–Trinajstić information content (AvgIpc) is 3.92. The predicted octanol–water partition coefficient (Wildman–Crippen LogP) is 7.60. The van der Waals surface area contributed by atoms with Crippen molar-refractivity contribution in [3.05, 3.63) is 115 Å². The minimum absolute atomic E-state index is 0.634. The van der Waals surface area contributed by atoms with Crippen LogP contribution in [0.4, 0.5) is 23.3 Å². The first-order valence-corrected chi connectivity index (χ1v) is 23.7. The van der Waals surface area contributed by atoms with Crippen molar-refractivity contribution in [1.29, 1.82) is 0 Å². The predicted molar refractivity (Wildman–Crippen MR) is 273 cm³/mol. The third kappa shape index (κ3) is 11.5. The Hall–Kier alpha value is -6.74. The second kappa shape index (κ2) is 22.2. The Kier molecular flexibility index (Phi) is 15.0. The largest absolute Gasteiger partial charge is 0.497 e. The monoisotopic (exact) mass is 902 g/mol. The van der Waals surface area contributed by atoms with Crippen molar-refractivity contribution in [1.82, 2.24) is 35.5 Å². The van der Waals surface area contributed by atoms with Gasteiger partial charge in [0, 0.05) is 118 Å². The Bertz CT molecular complexity index is 2720. The van der Waals surface area contributed by atoms with E-state index >= 15 is 0 Å². The summed E-state index contributed by atoms with van der Waals surface area (Å²) in [6.07, 6.45) is 7.18. The van der Waals surface area contributed by atoms with Crippen LogP contribution < -0.4 is 45.3 Å². The highest BCUT2D eigenvalue weighted by Crippen LogP contribution is 2.37. The van der Waals surface area contributed by atoms with Crippen LogP contribution in [0.25, 0.3) is 44.1 Å². The number of hydrogen-bond acceptors (Lipinski definition) is 14. The molecule has 0 amide bonds. The second-order valence-electron chi connectivity index (χ2n) is 17.2. The molecule has 14 heteroatoms. The van der Waals surface area contributed by atoms with Gasteiger partial charge in [-0.05, 0) is 121 Å². The Morgan fingerprint density at radius 2 is 1.00 bits per heavy atom. The van der Waals surface area contributed by atoms with Gasteiger partial charge in [-0.1, -0.05) is 24.3 Å². The van der Waals surface area contributed by atoms with Crippen molar-refractivity contribution in [3.63, 3.8) is 0 Å². The number of fused-ring (bicyclic) bond motifs is 2. The van der Waals surface area contributed by atoms with E-state index in [-0.39, 0.29) is 0 Å². The maximum Gasteiger partial charge on any atom is 0.223 e. The zero-order valence-electron chi connectivity index (χ0n) is 39.1. The number of likely N-dealkylation sites (tertiary alicyclic amines) is 1. The van der Waals surface area contributed by atoms with E-state index in [4.69, 9.17) is 24.2 Å². The van der Waals surface area contributed by atoms with E-state index in [2.05, 4.69) is 107 Å². The highest BCUT2D eigenvalue weighted by Gasteiger charge is 2.19. The molecule has 0 aliphatic carbocycles. The lowest BCUT2D eigenvalue weighted by Gasteiger charge is -2.31. The molecule has 0 spiro atoms. The maximum atomic E-state index is 5.51. The molecule has 10 rings (SSSR count). The first-order chi connectivity index (χ1) is 33.0. The van der Waals surface area contributed by atoms with Crippen LogP contribution in [0.15, 0.2) is 109 Å². The summed E-state index contributed by atoms with van der Waals surface area (Å²) in [5.41, 5.74) is 7.72. The van der Waals surface area contributed by atoms with Gasteiger partial charge in [-0.15, -0.1) is 0 Å². The number of rotatable bonds is 15. The molecule has 3 fully saturated rings. The summed E-state index contributed by atoms with van der Waals surface area (Å²) >= 11 is 0. The summed E-state index contributed by atoms with van der Waals surface area (Å²) in [5, 5.41) is 18.5. The molecule has 2 aromatic heterocycles. The first-order valence-electron chi connectivity index (χ1n) is 23.7.